The maximum Gasteiger partial charge on any atom is 0.258 e. The fraction of sp³-hybridized carbons (Fsp3) is 0.318. The maximum absolute atomic E-state index is 14.5. The molecule has 1 saturated heterocycles. The van der Waals surface area contributed by atoms with Crippen LogP contribution in [0.2, 0.25) is 0 Å². The Bertz CT molecular complexity index is 1330. The average molecular weight is 406 g/mol. The van der Waals surface area contributed by atoms with E-state index in [1.165, 1.54) is 12.1 Å². The summed E-state index contributed by atoms with van der Waals surface area (Å²) in [7, 11) is 2.12. The maximum atomic E-state index is 14.5. The van der Waals surface area contributed by atoms with E-state index in [0.717, 1.165) is 43.1 Å². The summed E-state index contributed by atoms with van der Waals surface area (Å²) in [5.74, 6) is -0.440. The fourth-order valence-electron chi connectivity index (χ4n) is 4.05. The zero-order chi connectivity index (χ0) is 21.0. The minimum Gasteiger partial charge on any atom is -0.368 e. The van der Waals surface area contributed by atoms with Gasteiger partial charge in [-0.3, -0.25) is 9.20 Å². The summed E-state index contributed by atoms with van der Waals surface area (Å²) in [6.45, 7) is 7.59. The molecule has 154 valence electrons. The number of nitrogens with zero attached hydrogens (tertiary/aromatic N) is 6. The SMILES string of the molecule is Cc1cn2cc(-c3cc(=O)n4cc(N5CCN(C)CC5)cc(C)c4n3)cc(F)c2n1. The molecule has 7 nitrogen and oxygen atoms in total. The number of pyridine rings is 2. The summed E-state index contributed by atoms with van der Waals surface area (Å²) in [6, 6.07) is 4.92. The van der Waals surface area contributed by atoms with Gasteiger partial charge in [0.25, 0.3) is 5.56 Å². The number of hydrogen-bond acceptors (Lipinski definition) is 5. The van der Waals surface area contributed by atoms with E-state index < -0.39 is 5.82 Å². The molecule has 1 aliphatic heterocycles. The number of aryl methyl sites for hydroxylation is 2. The van der Waals surface area contributed by atoms with Gasteiger partial charge in [0.05, 0.1) is 17.1 Å². The molecule has 0 aromatic carbocycles. The second kappa shape index (κ2) is 6.91. The van der Waals surface area contributed by atoms with Crippen molar-refractivity contribution in [3.05, 3.63) is 64.2 Å². The summed E-state index contributed by atoms with van der Waals surface area (Å²) < 4.78 is 17.7. The first-order chi connectivity index (χ1) is 14.4. The molecule has 0 saturated carbocycles. The first-order valence-electron chi connectivity index (χ1n) is 10.0. The van der Waals surface area contributed by atoms with Crippen LogP contribution < -0.4 is 10.5 Å². The lowest BCUT2D eigenvalue weighted by atomic mass is 10.2. The lowest BCUT2D eigenvalue weighted by Crippen LogP contribution is -2.44. The van der Waals surface area contributed by atoms with Crippen molar-refractivity contribution in [2.45, 2.75) is 13.8 Å². The van der Waals surface area contributed by atoms with Gasteiger partial charge in [-0.25, -0.2) is 14.4 Å². The molecule has 30 heavy (non-hydrogen) atoms. The second-order valence-electron chi connectivity index (χ2n) is 8.03. The Morgan fingerprint density at radius 3 is 2.47 bits per heavy atom. The highest BCUT2D eigenvalue weighted by molar-refractivity contribution is 5.66. The number of piperazine rings is 1. The molecule has 0 unspecified atom stereocenters. The van der Waals surface area contributed by atoms with Gasteiger partial charge in [0.1, 0.15) is 5.65 Å². The Kier molecular flexibility index (Phi) is 4.32. The predicted octanol–water partition coefficient (Wildman–Crippen LogP) is 2.52. The van der Waals surface area contributed by atoms with E-state index in [0.29, 0.717) is 16.9 Å². The van der Waals surface area contributed by atoms with Gasteiger partial charge in [0.2, 0.25) is 0 Å². The molecule has 0 aliphatic carbocycles. The zero-order valence-corrected chi connectivity index (χ0v) is 17.3. The van der Waals surface area contributed by atoms with Crippen molar-refractivity contribution in [1.82, 2.24) is 23.7 Å². The van der Waals surface area contributed by atoms with Gasteiger partial charge in [-0.2, -0.15) is 0 Å². The van der Waals surface area contributed by atoms with Crippen LogP contribution in [0.25, 0.3) is 22.6 Å². The van der Waals surface area contributed by atoms with Crippen LogP contribution in [-0.2, 0) is 0 Å². The van der Waals surface area contributed by atoms with Crippen molar-refractivity contribution in [2.24, 2.45) is 0 Å². The quantitative estimate of drug-likeness (QED) is 0.512. The molecule has 5 rings (SSSR count). The minimum atomic E-state index is -0.440. The number of likely N-dealkylation sites (N-methyl/N-ethyl adjacent to an activating group) is 1. The van der Waals surface area contributed by atoms with Crippen LogP contribution in [0, 0.1) is 19.7 Å². The lowest BCUT2D eigenvalue weighted by molar-refractivity contribution is 0.312. The van der Waals surface area contributed by atoms with Crippen molar-refractivity contribution < 1.29 is 4.39 Å². The Balaban J connectivity index is 1.61. The number of rotatable bonds is 2. The van der Waals surface area contributed by atoms with Crippen molar-refractivity contribution in [2.75, 3.05) is 38.1 Å². The molecule has 1 aliphatic rings. The van der Waals surface area contributed by atoms with Crippen LogP contribution >= 0.6 is 0 Å². The van der Waals surface area contributed by atoms with E-state index in [1.54, 1.807) is 21.2 Å². The van der Waals surface area contributed by atoms with E-state index in [2.05, 4.69) is 27.9 Å². The third-order valence-electron chi connectivity index (χ3n) is 5.72. The highest BCUT2D eigenvalue weighted by atomic mass is 19.1. The fourth-order valence-corrected chi connectivity index (χ4v) is 4.05. The Morgan fingerprint density at radius 2 is 1.70 bits per heavy atom. The Labute approximate surface area is 173 Å². The molecule has 0 atom stereocenters. The summed E-state index contributed by atoms with van der Waals surface area (Å²) in [4.78, 5) is 26.4. The number of imidazole rings is 1. The van der Waals surface area contributed by atoms with Gasteiger partial charge in [-0.05, 0) is 38.6 Å². The van der Waals surface area contributed by atoms with Crippen LogP contribution in [0.5, 0.6) is 0 Å². The third-order valence-corrected chi connectivity index (χ3v) is 5.72. The summed E-state index contributed by atoms with van der Waals surface area (Å²) in [5.41, 5.74) is 4.30. The van der Waals surface area contributed by atoms with Crippen LogP contribution in [0.1, 0.15) is 11.3 Å². The minimum absolute atomic E-state index is 0.184. The lowest BCUT2D eigenvalue weighted by Gasteiger charge is -2.34. The number of halogens is 1. The van der Waals surface area contributed by atoms with Gasteiger partial charge < -0.3 is 14.2 Å². The molecule has 4 aromatic rings. The number of hydrogen-bond donors (Lipinski definition) is 0. The normalized spacial score (nSPS) is 15.4. The monoisotopic (exact) mass is 406 g/mol. The van der Waals surface area contributed by atoms with Crippen molar-refractivity contribution in [3.63, 3.8) is 0 Å². The van der Waals surface area contributed by atoms with Gasteiger partial charge in [-0.15, -0.1) is 0 Å². The third kappa shape index (κ3) is 3.13. The van der Waals surface area contributed by atoms with Crippen LogP contribution in [-0.4, -0.2) is 56.9 Å². The van der Waals surface area contributed by atoms with E-state index in [9.17, 15) is 9.18 Å². The first-order valence-corrected chi connectivity index (χ1v) is 10.0. The smallest absolute Gasteiger partial charge is 0.258 e. The van der Waals surface area contributed by atoms with Gasteiger partial charge >= 0.3 is 0 Å². The molecule has 0 spiro atoms. The largest absolute Gasteiger partial charge is 0.368 e. The Morgan fingerprint density at radius 1 is 0.933 bits per heavy atom. The van der Waals surface area contributed by atoms with Gasteiger partial charge in [-0.1, -0.05) is 0 Å². The van der Waals surface area contributed by atoms with E-state index in [1.807, 2.05) is 20.0 Å². The zero-order valence-electron chi connectivity index (χ0n) is 17.3. The van der Waals surface area contributed by atoms with Crippen molar-refractivity contribution in [3.8, 4) is 11.3 Å². The first kappa shape index (κ1) is 18.7. The van der Waals surface area contributed by atoms with Crippen LogP contribution in [0.3, 0.4) is 0 Å². The van der Waals surface area contributed by atoms with Crippen molar-refractivity contribution in [1.29, 1.82) is 0 Å². The van der Waals surface area contributed by atoms with Crippen LogP contribution in [0.4, 0.5) is 10.1 Å². The van der Waals surface area contributed by atoms with Crippen molar-refractivity contribution >= 4 is 17.0 Å². The molecular formula is C22H23FN6O. The molecule has 0 amide bonds. The average Bonchev–Trinajstić information content (AvgIpc) is 3.10. The summed E-state index contributed by atoms with van der Waals surface area (Å²) >= 11 is 0. The molecule has 1 fully saturated rings. The van der Waals surface area contributed by atoms with Gasteiger partial charge in [0.15, 0.2) is 11.5 Å². The summed E-state index contributed by atoms with van der Waals surface area (Å²) in [5, 5.41) is 0. The topological polar surface area (TPSA) is 58.2 Å². The van der Waals surface area contributed by atoms with E-state index in [-0.39, 0.29) is 11.2 Å². The number of aromatic nitrogens is 4. The van der Waals surface area contributed by atoms with E-state index in [4.69, 9.17) is 4.98 Å². The molecule has 4 aromatic heterocycles. The van der Waals surface area contributed by atoms with Gasteiger partial charge in [0, 0.05) is 56.4 Å². The standard InChI is InChI=1S/C22H23FN6O/c1-14-8-17(27-6-4-26(3)5-7-27)13-29-20(30)10-19(25-21(14)29)16-9-18(23)22-24-15(2)11-28(22)12-16/h8-13H,4-7H2,1-3H3. The molecule has 5 heterocycles. The van der Waals surface area contributed by atoms with Crippen LogP contribution in [0.15, 0.2) is 41.6 Å². The number of anilines is 1. The molecule has 0 bridgehead atoms. The number of fused-ring (bicyclic) bond motifs is 2. The molecular weight excluding hydrogens is 383 g/mol. The molecule has 0 N–H and O–H groups in total. The predicted molar refractivity (Wildman–Crippen MR) is 115 cm³/mol. The second-order valence-corrected chi connectivity index (χ2v) is 8.03. The molecule has 8 heteroatoms. The van der Waals surface area contributed by atoms with E-state index >= 15 is 0 Å². The highest BCUT2D eigenvalue weighted by Gasteiger charge is 2.17. The summed E-state index contributed by atoms with van der Waals surface area (Å²) in [6.07, 6.45) is 5.36. The molecule has 0 radical (unpaired) electrons. The Hall–Kier alpha value is -3.26. The highest BCUT2D eigenvalue weighted by Crippen LogP contribution is 2.24.